The van der Waals surface area contributed by atoms with Gasteiger partial charge in [0.1, 0.15) is 0 Å². The Balaban J connectivity index is 1.41. The van der Waals surface area contributed by atoms with Crippen molar-refractivity contribution in [3.63, 3.8) is 0 Å². The zero-order valence-electron chi connectivity index (χ0n) is 15.6. The second-order valence-electron chi connectivity index (χ2n) is 6.82. The molecule has 1 fully saturated rings. The lowest BCUT2D eigenvalue weighted by molar-refractivity contribution is -0.00785. The third kappa shape index (κ3) is 4.40. The topological polar surface area (TPSA) is 68.2 Å². The van der Waals surface area contributed by atoms with Crippen molar-refractivity contribution < 1.29 is 9.53 Å². The molecule has 0 unspecified atom stereocenters. The minimum atomic E-state index is 0.0249. The SMILES string of the molecule is O=C(c1cccc(-c2cnccn2)c1)N1CCC[C@@H](OCc2ccccn2)C1. The number of nitrogens with zero attached hydrogens (tertiary/aromatic N) is 4. The fourth-order valence-electron chi connectivity index (χ4n) is 3.39. The van der Waals surface area contributed by atoms with E-state index in [1.54, 1.807) is 24.8 Å². The standard InChI is InChI=1S/C22H22N4O2/c27-22(18-6-3-5-17(13-18)21-14-23-10-11-25-21)26-12-4-8-20(15-26)28-16-19-7-1-2-9-24-19/h1-3,5-7,9-11,13-14,20H,4,8,12,15-16H2/t20-/m1/s1. The molecule has 1 saturated heterocycles. The first-order valence-corrected chi connectivity index (χ1v) is 9.47. The molecule has 0 spiro atoms. The number of rotatable bonds is 5. The number of hydrogen-bond acceptors (Lipinski definition) is 5. The van der Waals surface area contributed by atoms with Gasteiger partial charge in [-0.05, 0) is 37.1 Å². The first-order chi connectivity index (χ1) is 13.8. The summed E-state index contributed by atoms with van der Waals surface area (Å²) in [6.45, 7) is 1.81. The van der Waals surface area contributed by atoms with E-state index in [2.05, 4.69) is 15.0 Å². The summed E-state index contributed by atoms with van der Waals surface area (Å²) in [4.78, 5) is 27.6. The van der Waals surface area contributed by atoms with Crippen molar-refractivity contribution in [2.24, 2.45) is 0 Å². The lowest BCUT2D eigenvalue weighted by atomic mass is 10.0. The van der Waals surface area contributed by atoms with Crippen molar-refractivity contribution in [2.75, 3.05) is 13.1 Å². The third-order valence-electron chi connectivity index (χ3n) is 4.83. The van der Waals surface area contributed by atoms with E-state index in [4.69, 9.17) is 4.74 Å². The number of pyridine rings is 1. The molecule has 4 rings (SSSR count). The van der Waals surface area contributed by atoms with Crippen molar-refractivity contribution in [2.45, 2.75) is 25.6 Å². The van der Waals surface area contributed by atoms with Gasteiger partial charge in [-0.3, -0.25) is 19.7 Å². The van der Waals surface area contributed by atoms with Crippen LogP contribution in [0.2, 0.25) is 0 Å². The molecule has 0 bridgehead atoms. The number of carbonyl (C=O) groups excluding carboxylic acids is 1. The van der Waals surface area contributed by atoms with E-state index in [-0.39, 0.29) is 12.0 Å². The highest BCUT2D eigenvalue weighted by molar-refractivity contribution is 5.95. The zero-order chi connectivity index (χ0) is 19.2. The van der Waals surface area contributed by atoms with E-state index >= 15 is 0 Å². The Morgan fingerprint density at radius 2 is 2.07 bits per heavy atom. The number of piperidine rings is 1. The maximum Gasteiger partial charge on any atom is 0.253 e. The molecule has 1 aromatic carbocycles. The summed E-state index contributed by atoms with van der Waals surface area (Å²) in [5.74, 6) is 0.0249. The number of likely N-dealkylation sites (tertiary alicyclic amines) is 1. The van der Waals surface area contributed by atoms with Crippen LogP contribution in [-0.4, -0.2) is 45.0 Å². The highest BCUT2D eigenvalue weighted by Crippen LogP contribution is 2.21. The fraction of sp³-hybridized carbons (Fsp3) is 0.273. The first-order valence-electron chi connectivity index (χ1n) is 9.47. The normalized spacial score (nSPS) is 16.7. The van der Waals surface area contributed by atoms with Gasteiger partial charge < -0.3 is 9.64 Å². The van der Waals surface area contributed by atoms with Crippen LogP contribution in [0.3, 0.4) is 0 Å². The Morgan fingerprint density at radius 1 is 1.11 bits per heavy atom. The second kappa shape index (κ2) is 8.71. The van der Waals surface area contributed by atoms with Crippen molar-refractivity contribution in [1.29, 1.82) is 0 Å². The van der Waals surface area contributed by atoms with Crippen LogP contribution in [0.25, 0.3) is 11.3 Å². The number of hydrogen-bond donors (Lipinski definition) is 0. The van der Waals surface area contributed by atoms with Crippen LogP contribution < -0.4 is 0 Å². The Kier molecular flexibility index (Phi) is 5.68. The minimum absolute atomic E-state index is 0.0249. The largest absolute Gasteiger partial charge is 0.370 e. The number of aromatic nitrogens is 3. The third-order valence-corrected chi connectivity index (χ3v) is 4.83. The summed E-state index contributed by atoms with van der Waals surface area (Å²) >= 11 is 0. The first kappa shape index (κ1) is 18.3. The highest BCUT2D eigenvalue weighted by Gasteiger charge is 2.25. The summed E-state index contributed by atoms with van der Waals surface area (Å²) in [7, 11) is 0. The molecule has 3 aromatic rings. The number of benzene rings is 1. The molecule has 3 heterocycles. The zero-order valence-corrected chi connectivity index (χ0v) is 15.6. The van der Waals surface area contributed by atoms with Gasteiger partial charge in [-0.15, -0.1) is 0 Å². The molecular formula is C22H22N4O2. The summed E-state index contributed by atoms with van der Waals surface area (Å²) in [5, 5.41) is 0. The molecule has 2 aromatic heterocycles. The van der Waals surface area contributed by atoms with Crippen LogP contribution in [0.1, 0.15) is 28.9 Å². The predicted octanol–water partition coefficient (Wildman–Crippen LogP) is 3.36. The lowest BCUT2D eigenvalue weighted by Gasteiger charge is -2.32. The predicted molar refractivity (Wildman–Crippen MR) is 105 cm³/mol. The van der Waals surface area contributed by atoms with Crippen molar-refractivity contribution >= 4 is 5.91 Å². The smallest absolute Gasteiger partial charge is 0.253 e. The van der Waals surface area contributed by atoms with E-state index in [1.165, 1.54) is 0 Å². The van der Waals surface area contributed by atoms with Gasteiger partial charge >= 0.3 is 0 Å². The molecule has 142 valence electrons. The molecule has 1 amide bonds. The van der Waals surface area contributed by atoms with Crippen LogP contribution in [0, 0.1) is 0 Å². The summed E-state index contributed by atoms with van der Waals surface area (Å²) < 4.78 is 6.00. The molecule has 1 aliphatic heterocycles. The molecule has 0 radical (unpaired) electrons. The Morgan fingerprint density at radius 3 is 2.89 bits per heavy atom. The van der Waals surface area contributed by atoms with Crippen LogP contribution in [0.5, 0.6) is 0 Å². The Hall–Kier alpha value is -3.12. The summed E-state index contributed by atoms with van der Waals surface area (Å²) in [6, 6.07) is 13.3. The molecule has 0 N–H and O–H groups in total. The van der Waals surface area contributed by atoms with Crippen LogP contribution in [0.15, 0.2) is 67.3 Å². The average molecular weight is 374 g/mol. The van der Waals surface area contributed by atoms with Crippen molar-refractivity contribution in [1.82, 2.24) is 19.9 Å². The second-order valence-corrected chi connectivity index (χ2v) is 6.82. The van der Waals surface area contributed by atoms with Crippen LogP contribution in [0.4, 0.5) is 0 Å². The van der Waals surface area contributed by atoms with Gasteiger partial charge in [-0.25, -0.2) is 0 Å². The average Bonchev–Trinajstić information content (AvgIpc) is 2.79. The maximum absolute atomic E-state index is 13.0. The van der Waals surface area contributed by atoms with Gasteiger partial charge in [-0.2, -0.15) is 0 Å². The van der Waals surface area contributed by atoms with E-state index in [0.717, 1.165) is 36.3 Å². The quantitative estimate of drug-likeness (QED) is 0.685. The van der Waals surface area contributed by atoms with Crippen LogP contribution in [-0.2, 0) is 11.3 Å². The molecule has 6 heteroatoms. The van der Waals surface area contributed by atoms with Crippen molar-refractivity contribution in [3.8, 4) is 11.3 Å². The van der Waals surface area contributed by atoms with Gasteiger partial charge in [-0.1, -0.05) is 18.2 Å². The minimum Gasteiger partial charge on any atom is -0.370 e. The fourth-order valence-corrected chi connectivity index (χ4v) is 3.39. The van der Waals surface area contributed by atoms with E-state index in [0.29, 0.717) is 18.7 Å². The van der Waals surface area contributed by atoms with E-state index in [1.807, 2.05) is 47.4 Å². The van der Waals surface area contributed by atoms with E-state index in [9.17, 15) is 4.79 Å². The number of carbonyl (C=O) groups is 1. The van der Waals surface area contributed by atoms with Gasteiger partial charge in [0, 0.05) is 42.8 Å². The maximum atomic E-state index is 13.0. The number of ether oxygens (including phenoxy) is 1. The van der Waals surface area contributed by atoms with Crippen molar-refractivity contribution in [3.05, 3.63) is 78.5 Å². The highest BCUT2D eigenvalue weighted by atomic mass is 16.5. The van der Waals surface area contributed by atoms with Crippen LogP contribution >= 0.6 is 0 Å². The molecule has 28 heavy (non-hydrogen) atoms. The van der Waals surface area contributed by atoms with Gasteiger partial charge in [0.2, 0.25) is 0 Å². The Labute approximate surface area is 164 Å². The number of amides is 1. The summed E-state index contributed by atoms with van der Waals surface area (Å²) in [6.07, 6.45) is 8.67. The van der Waals surface area contributed by atoms with Gasteiger partial charge in [0.25, 0.3) is 5.91 Å². The molecule has 1 atom stereocenters. The van der Waals surface area contributed by atoms with Gasteiger partial charge in [0.15, 0.2) is 0 Å². The molecule has 6 nitrogen and oxygen atoms in total. The Bertz CT molecular complexity index is 918. The summed E-state index contributed by atoms with van der Waals surface area (Å²) in [5.41, 5.74) is 3.21. The van der Waals surface area contributed by atoms with E-state index < -0.39 is 0 Å². The lowest BCUT2D eigenvalue weighted by Crippen LogP contribution is -2.43. The monoisotopic (exact) mass is 374 g/mol. The molecule has 0 saturated carbocycles. The van der Waals surface area contributed by atoms with Gasteiger partial charge in [0.05, 0.1) is 30.3 Å². The molecule has 0 aliphatic carbocycles. The molecule has 1 aliphatic rings. The molecular weight excluding hydrogens is 352 g/mol.